The van der Waals surface area contributed by atoms with Crippen molar-refractivity contribution in [1.29, 1.82) is 0 Å². The lowest BCUT2D eigenvalue weighted by atomic mass is 10.2. The predicted octanol–water partition coefficient (Wildman–Crippen LogP) is 4.35. The minimum atomic E-state index is -0.413. The highest BCUT2D eigenvalue weighted by Gasteiger charge is 2.19. The molecule has 0 fully saturated rings. The van der Waals surface area contributed by atoms with Crippen LogP contribution in [0.4, 0.5) is 5.82 Å². The fourth-order valence-corrected chi connectivity index (χ4v) is 4.03. The first-order chi connectivity index (χ1) is 16.0. The van der Waals surface area contributed by atoms with E-state index < -0.39 is 6.04 Å². The Labute approximate surface area is 194 Å². The quantitative estimate of drug-likeness (QED) is 0.439. The maximum absolute atomic E-state index is 12.8. The summed E-state index contributed by atoms with van der Waals surface area (Å²) in [6.07, 6.45) is 0. The van der Waals surface area contributed by atoms with Crippen LogP contribution >= 0.6 is 0 Å². The summed E-state index contributed by atoms with van der Waals surface area (Å²) in [5, 5.41) is 8.42. The molecule has 0 spiro atoms. The van der Waals surface area contributed by atoms with Crippen molar-refractivity contribution in [2.24, 2.45) is 0 Å². The number of benzene rings is 2. The van der Waals surface area contributed by atoms with Crippen LogP contribution in [0, 0.1) is 13.8 Å². The predicted molar refractivity (Wildman–Crippen MR) is 131 cm³/mol. The number of anilines is 1. The molecule has 0 radical (unpaired) electrons. The summed E-state index contributed by atoms with van der Waals surface area (Å²) in [7, 11) is 0. The zero-order valence-electron chi connectivity index (χ0n) is 19.6. The van der Waals surface area contributed by atoms with E-state index in [9.17, 15) is 4.79 Å². The molecule has 33 heavy (non-hydrogen) atoms. The van der Waals surface area contributed by atoms with Crippen molar-refractivity contribution in [3.8, 4) is 0 Å². The van der Waals surface area contributed by atoms with Crippen LogP contribution in [0.5, 0.6) is 0 Å². The molecular formula is C26H30N6O. The van der Waals surface area contributed by atoms with E-state index in [1.165, 1.54) is 5.56 Å². The Hall–Kier alpha value is -3.74. The van der Waals surface area contributed by atoms with Crippen molar-refractivity contribution in [2.45, 2.75) is 46.8 Å². The van der Waals surface area contributed by atoms with Gasteiger partial charge in [0.05, 0.1) is 17.8 Å². The van der Waals surface area contributed by atoms with Crippen molar-refractivity contribution in [1.82, 2.24) is 25.1 Å². The number of nitrogens with one attached hydrogen (secondary N) is 1. The van der Waals surface area contributed by atoms with Gasteiger partial charge in [0.2, 0.25) is 5.91 Å². The smallest absolute Gasteiger partial charge is 0.244 e. The number of hydrogen-bond donors (Lipinski definition) is 1. The summed E-state index contributed by atoms with van der Waals surface area (Å²) in [5.74, 6) is 1.35. The molecule has 0 unspecified atom stereocenters. The largest absolute Gasteiger partial charge is 0.352 e. The number of fused-ring (bicyclic) bond motifs is 1. The first kappa shape index (κ1) is 22.5. The van der Waals surface area contributed by atoms with E-state index in [0.717, 1.165) is 41.2 Å². The third kappa shape index (κ3) is 5.03. The summed E-state index contributed by atoms with van der Waals surface area (Å²) in [4.78, 5) is 24.6. The number of para-hydroxylation sites is 1. The van der Waals surface area contributed by atoms with Gasteiger partial charge in [-0.3, -0.25) is 9.48 Å². The van der Waals surface area contributed by atoms with E-state index in [4.69, 9.17) is 9.97 Å². The van der Waals surface area contributed by atoms with Crippen molar-refractivity contribution < 1.29 is 4.79 Å². The lowest BCUT2D eigenvalue weighted by molar-refractivity contribution is -0.124. The van der Waals surface area contributed by atoms with Crippen molar-refractivity contribution in [3.63, 3.8) is 0 Å². The lowest BCUT2D eigenvalue weighted by Crippen LogP contribution is -2.32. The van der Waals surface area contributed by atoms with Gasteiger partial charge in [-0.05, 0) is 51.5 Å². The second-order valence-corrected chi connectivity index (χ2v) is 8.25. The molecule has 0 aliphatic carbocycles. The van der Waals surface area contributed by atoms with Gasteiger partial charge >= 0.3 is 0 Å². The molecule has 170 valence electrons. The number of aryl methyl sites for hydroxylation is 2. The Kier molecular flexibility index (Phi) is 6.68. The fourth-order valence-electron chi connectivity index (χ4n) is 4.03. The molecule has 0 saturated heterocycles. The molecule has 1 amide bonds. The van der Waals surface area contributed by atoms with Crippen LogP contribution in [0.1, 0.15) is 42.7 Å². The Bertz CT molecular complexity index is 1250. The number of nitrogens with zero attached hydrogens (tertiary/aromatic N) is 5. The van der Waals surface area contributed by atoms with Gasteiger partial charge in [-0.15, -0.1) is 0 Å². The Morgan fingerprint density at radius 1 is 1.06 bits per heavy atom. The van der Waals surface area contributed by atoms with Crippen molar-refractivity contribution >= 4 is 22.6 Å². The molecule has 1 atom stereocenters. The van der Waals surface area contributed by atoms with Crippen molar-refractivity contribution in [3.05, 3.63) is 83.4 Å². The fraction of sp³-hybridized carbons (Fsp3) is 0.308. The number of aromatic nitrogens is 4. The Balaban J connectivity index is 1.58. The van der Waals surface area contributed by atoms with Crippen LogP contribution in [0.2, 0.25) is 0 Å². The average Bonchev–Trinajstić information content (AvgIpc) is 3.18. The normalized spacial score (nSPS) is 12.0. The summed E-state index contributed by atoms with van der Waals surface area (Å²) < 4.78 is 1.75. The van der Waals surface area contributed by atoms with Gasteiger partial charge < -0.3 is 10.2 Å². The second-order valence-electron chi connectivity index (χ2n) is 8.25. The van der Waals surface area contributed by atoms with Crippen LogP contribution in [-0.2, 0) is 17.9 Å². The van der Waals surface area contributed by atoms with Crippen LogP contribution in [0.15, 0.2) is 60.7 Å². The molecule has 0 aliphatic heterocycles. The number of amides is 1. The van der Waals surface area contributed by atoms with Crippen LogP contribution in [0.25, 0.3) is 10.9 Å². The summed E-state index contributed by atoms with van der Waals surface area (Å²) >= 11 is 0. The molecule has 0 saturated carbocycles. The summed E-state index contributed by atoms with van der Waals surface area (Å²) in [6, 6.07) is 19.9. The monoisotopic (exact) mass is 442 g/mol. The van der Waals surface area contributed by atoms with E-state index in [-0.39, 0.29) is 12.5 Å². The van der Waals surface area contributed by atoms with Gasteiger partial charge in [0.1, 0.15) is 11.9 Å². The molecule has 1 N–H and O–H groups in total. The van der Waals surface area contributed by atoms with E-state index in [2.05, 4.69) is 34.4 Å². The molecule has 0 bridgehead atoms. The highest BCUT2D eigenvalue weighted by molar-refractivity contribution is 5.89. The Morgan fingerprint density at radius 3 is 2.48 bits per heavy atom. The number of carbonyl (C=O) groups is 1. The van der Waals surface area contributed by atoms with Crippen LogP contribution in [-0.4, -0.2) is 32.2 Å². The minimum absolute atomic E-state index is 0.115. The third-order valence-corrected chi connectivity index (χ3v) is 5.74. The highest BCUT2D eigenvalue weighted by atomic mass is 16.2. The lowest BCUT2D eigenvalue weighted by Gasteiger charge is -2.24. The first-order valence-electron chi connectivity index (χ1n) is 11.3. The van der Waals surface area contributed by atoms with Crippen LogP contribution < -0.4 is 10.2 Å². The molecule has 4 rings (SSSR count). The zero-order chi connectivity index (χ0) is 23.4. The molecule has 2 aromatic heterocycles. The first-order valence-corrected chi connectivity index (χ1v) is 11.3. The molecule has 7 nitrogen and oxygen atoms in total. The van der Waals surface area contributed by atoms with Gasteiger partial charge in [-0.2, -0.15) is 5.10 Å². The van der Waals surface area contributed by atoms with E-state index >= 15 is 0 Å². The Morgan fingerprint density at radius 2 is 1.79 bits per heavy atom. The maximum atomic E-state index is 12.8. The molecule has 2 heterocycles. The molecule has 2 aromatic carbocycles. The van der Waals surface area contributed by atoms with Crippen LogP contribution in [0.3, 0.4) is 0 Å². The van der Waals surface area contributed by atoms with E-state index in [0.29, 0.717) is 5.82 Å². The zero-order valence-corrected chi connectivity index (χ0v) is 19.6. The average molecular weight is 443 g/mol. The standard InChI is InChI=1S/C26H30N6O/c1-5-31(17-21-11-7-6-8-12-21)25-22-13-9-10-14-23(22)28-24(29-25)16-27-26(33)20(4)32-19(3)15-18(2)30-32/h6-15,20H,5,16-17H2,1-4H3,(H,27,33)/t20-/m1/s1. The molecular weight excluding hydrogens is 412 g/mol. The van der Waals surface area contributed by atoms with Gasteiger partial charge in [-0.1, -0.05) is 42.5 Å². The van der Waals surface area contributed by atoms with Gasteiger partial charge in [0.25, 0.3) is 0 Å². The van der Waals surface area contributed by atoms with Gasteiger partial charge in [-0.25, -0.2) is 9.97 Å². The molecule has 4 aromatic rings. The topological polar surface area (TPSA) is 75.9 Å². The number of hydrogen-bond acceptors (Lipinski definition) is 5. The van der Waals surface area contributed by atoms with Crippen molar-refractivity contribution in [2.75, 3.05) is 11.4 Å². The highest BCUT2D eigenvalue weighted by Crippen LogP contribution is 2.25. The SMILES string of the molecule is CCN(Cc1ccccc1)c1nc(CNC(=O)[C@@H](C)n2nc(C)cc2C)nc2ccccc12. The molecule has 0 aliphatic rings. The third-order valence-electron chi connectivity index (χ3n) is 5.74. The van der Waals surface area contributed by atoms with Gasteiger partial charge in [0.15, 0.2) is 5.82 Å². The van der Waals surface area contributed by atoms with E-state index in [1.807, 2.05) is 69.3 Å². The van der Waals surface area contributed by atoms with Gasteiger partial charge in [0, 0.05) is 24.2 Å². The second kappa shape index (κ2) is 9.81. The summed E-state index contributed by atoms with van der Waals surface area (Å²) in [6.45, 7) is 9.65. The number of carbonyl (C=O) groups excluding carboxylic acids is 1. The maximum Gasteiger partial charge on any atom is 0.244 e. The minimum Gasteiger partial charge on any atom is -0.352 e. The number of rotatable bonds is 8. The van der Waals surface area contributed by atoms with E-state index in [1.54, 1.807) is 4.68 Å². The summed E-state index contributed by atoms with van der Waals surface area (Å²) in [5.41, 5.74) is 3.94. The molecule has 7 heteroatoms.